The molecule has 74 valence electrons. The van der Waals surface area contributed by atoms with Crippen LogP contribution in [-0.4, -0.2) is 5.78 Å². The fourth-order valence-corrected chi connectivity index (χ4v) is 1.49. The molecule has 1 aromatic carbocycles. The Morgan fingerprint density at radius 1 is 1.43 bits per heavy atom. The first kappa shape index (κ1) is 11.3. The van der Waals surface area contributed by atoms with E-state index in [0.29, 0.717) is 16.5 Å². The van der Waals surface area contributed by atoms with Crippen LogP contribution >= 0.6 is 23.2 Å². The maximum Gasteiger partial charge on any atom is 0.159 e. The number of allylic oxidation sites excluding steroid dienone is 2. The molecule has 0 aliphatic carbocycles. The predicted molar refractivity (Wildman–Crippen MR) is 60.0 cm³/mol. The molecule has 0 fully saturated rings. The zero-order valence-electron chi connectivity index (χ0n) is 7.76. The minimum absolute atomic E-state index is 0.0247. The highest BCUT2D eigenvalue weighted by atomic mass is 35.5. The van der Waals surface area contributed by atoms with Crippen molar-refractivity contribution in [2.24, 2.45) is 0 Å². The highest BCUT2D eigenvalue weighted by molar-refractivity contribution is 6.33. The molecule has 0 saturated heterocycles. The van der Waals surface area contributed by atoms with Gasteiger partial charge in [0.1, 0.15) is 0 Å². The molecule has 3 heteroatoms. The first-order valence-corrected chi connectivity index (χ1v) is 4.98. The number of carbonyl (C=O) groups excluding carboxylic acids is 1. The Hall–Kier alpha value is -0.790. The van der Waals surface area contributed by atoms with Crippen LogP contribution in [0.25, 0.3) is 0 Å². The van der Waals surface area contributed by atoms with E-state index in [4.69, 9.17) is 23.2 Å². The topological polar surface area (TPSA) is 17.1 Å². The zero-order valence-corrected chi connectivity index (χ0v) is 9.27. The van der Waals surface area contributed by atoms with Gasteiger partial charge in [-0.3, -0.25) is 4.79 Å². The van der Waals surface area contributed by atoms with E-state index in [-0.39, 0.29) is 5.78 Å². The summed E-state index contributed by atoms with van der Waals surface area (Å²) >= 11 is 11.7. The fourth-order valence-electron chi connectivity index (χ4n) is 1.11. The second-order valence-corrected chi connectivity index (χ2v) is 3.72. The van der Waals surface area contributed by atoms with E-state index in [1.165, 1.54) is 6.08 Å². The number of hydrogen-bond donors (Lipinski definition) is 0. The number of ketones is 1. The second kappa shape index (κ2) is 5.18. The van der Waals surface area contributed by atoms with Crippen LogP contribution in [0.15, 0.2) is 30.4 Å². The molecule has 0 bridgehead atoms. The van der Waals surface area contributed by atoms with Gasteiger partial charge in [0.25, 0.3) is 0 Å². The van der Waals surface area contributed by atoms with Crippen LogP contribution < -0.4 is 0 Å². The highest BCUT2D eigenvalue weighted by Crippen LogP contribution is 2.21. The SMILES string of the molecule is C/C=C/C(=O)Cc1cc(Cl)ccc1Cl. The van der Waals surface area contributed by atoms with Crippen LogP contribution in [-0.2, 0) is 11.2 Å². The van der Waals surface area contributed by atoms with Gasteiger partial charge < -0.3 is 0 Å². The summed E-state index contributed by atoms with van der Waals surface area (Å²) in [5.74, 6) is 0.0247. The molecule has 0 spiro atoms. The quantitative estimate of drug-likeness (QED) is 0.722. The van der Waals surface area contributed by atoms with Crippen molar-refractivity contribution in [1.82, 2.24) is 0 Å². The summed E-state index contributed by atoms with van der Waals surface area (Å²) in [6.07, 6.45) is 3.53. The lowest BCUT2D eigenvalue weighted by atomic mass is 10.1. The van der Waals surface area contributed by atoms with Crippen LogP contribution in [0.2, 0.25) is 10.0 Å². The number of halogens is 2. The number of benzene rings is 1. The van der Waals surface area contributed by atoms with Gasteiger partial charge in [0.15, 0.2) is 5.78 Å². The first-order chi connectivity index (χ1) is 6.63. The van der Waals surface area contributed by atoms with Gasteiger partial charge in [0.05, 0.1) is 0 Å². The Bertz CT molecular complexity index is 370. The normalized spacial score (nSPS) is 10.8. The van der Waals surface area contributed by atoms with Gasteiger partial charge >= 0.3 is 0 Å². The summed E-state index contributed by atoms with van der Waals surface area (Å²) in [5.41, 5.74) is 0.766. The maximum atomic E-state index is 11.3. The lowest BCUT2D eigenvalue weighted by Gasteiger charge is -2.01. The monoisotopic (exact) mass is 228 g/mol. The average molecular weight is 229 g/mol. The lowest BCUT2D eigenvalue weighted by Crippen LogP contribution is -1.98. The smallest absolute Gasteiger partial charge is 0.159 e. The lowest BCUT2D eigenvalue weighted by molar-refractivity contribution is -0.114. The summed E-state index contributed by atoms with van der Waals surface area (Å²) in [6.45, 7) is 1.80. The van der Waals surface area contributed by atoms with Crippen LogP contribution in [0, 0.1) is 0 Å². The molecule has 0 saturated carbocycles. The molecule has 0 aliphatic rings. The molecule has 1 nitrogen and oxygen atoms in total. The van der Waals surface area contributed by atoms with Crippen LogP contribution in [0.5, 0.6) is 0 Å². The molecular formula is C11H10Cl2O. The molecule has 0 aromatic heterocycles. The van der Waals surface area contributed by atoms with E-state index in [9.17, 15) is 4.79 Å². The van der Waals surface area contributed by atoms with Crippen molar-refractivity contribution in [3.05, 3.63) is 46.0 Å². The van der Waals surface area contributed by atoms with Crippen molar-refractivity contribution in [2.45, 2.75) is 13.3 Å². The Morgan fingerprint density at radius 3 is 2.79 bits per heavy atom. The zero-order chi connectivity index (χ0) is 10.6. The molecule has 0 unspecified atom stereocenters. The molecule has 0 aliphatic heterocycles. The van der Waals surface area contributed by atoms with E-state index in [0.717, 1.165) is 5.56 Å². The van der Waals surface area contributed by atoms with Gasteiger partial charge in [-0.2, -0.15) is 0 Å². The molecule has 0 atom stereocenters. The summed E-state index contributed by atoms with van der Waals surface area (Å²) < 4.78 is 0. The Balaban J connectivity index is 2.85. The number of carbonyl (C=O) groups is 1. The molecule has 14 heavy (non-hydrogen) atoms. The van der Waals surface area contributed by atoms with Crippen molar-refractivity contribution < 1.29 is 4.79 Å². The summed E-state index contributed by atoms with van der Waals surface area (Å²) in [7, 11) is 0. The van der Waals surface area contributed by atoms with Crippen LogP contribution in [0.4, 0.5) is 0 Å². The fraction of sp³-hybridized carbons (Fsp3) is 0.182. The third-order valence-corrected chi connectivity index (χ3v) is 2.33. The second-order valence-electron chi connectivity index (χ2n) is 2.88. The van der Waals surface area contributed by atoms with E-state index in [2.05, 4.69) is 0 Å². The minimum Gasteiger partial charge on any atom is -0.294 e. The Labute approximate surface area is 93.3 Å². The molecule has 0 N–H and O–H groups in total. The predicted octanol–water partition coefficient (Wildman–Crippen LogP) is 3.68. The highest BCUT2D eigenvalue weighted by Gasteiger charge is 2.04. The molecule has 0 amide bonds. The summed E-state index contributed by atoms with van der Waals surface area (Å²) in [4.78, 5) is 11.3. The summed E-state index contributed by atoms with van der Waals surface area (Å²) in [5, 5.41) is 1.17. The van der Waals surface area contributed by atoms with Crippen molar-refractivity contribution in [1.29, 1.82) is 0 Å². The molecular weight excluding hydrogens is 219 g/mol. The number of hydrogen-bond acceptors (Lipinski definition) is 1. The average Bonchev–Trinajstić information content (AvgIpc) is 2.12. The van der Waals surface area contributed by atoms with Gasteiger partial charge in [-0.15, -0.1) is 0 Å². The van der Waals surface area contributed by atoms with E-state index in [1.54, 1.807) is 31.2 Å². The molecule has 0 radical (unpaired) electrons. The van der Waals surface area contributed by atoms with E-state index < -0.39 is 0 Å². The van der Waals surface area contributed by atoms with Crippen molar-refractivity contribution in [3.63, 3.8) is 0 Å². The molecule has 0 heterocycles. The van der Waals surface area contributed by atoms with E-state index >= 15 is 0 Å². The largest absolute Gasteiger partial charge is 0.294 e. The minimum atomic E-state index is 0.0247. The maximum absolute atomic E-state index is 11.3. The third-order valence-electron chi connectivity index (χ3n) is 1.73. The van der Waals surface area contributed by atoms with Crippen molar-refractivity contribution >= 4 is 29.0 Å². The Morgan fingerprint density at radius 2 is 2.14 bits per heavy atom. The van der Waals surface area contributed by atoms with Crippen molar-refractivity contribution in [3.8, 4) is 0 Å². The summed E-state index contributed by atoms with van der Waals surface area (Å²) in [6, 6.07) is 5.11. The Kier molecular flexibility index (Phi) is 4.18. The van der Waals surface area contributed by atoms with Crippen LogP contribution in [0.3, 0.4) is 0 Å². The van der Waals surface area contributed by atoms with E-state index in [1.807, 2.05) is 0 Å². The van der Waals surface area contributed by atoms with Crippen molar-refractivity contribution in [2.75, 3.05) is 0 Å². The third kappa shape index (κ3) is 3.17. The van der Waals surface area contributed by atoms with Gasteiger partial charge in [-0.1, -0.05) is 29.3 Å². The molecule has 1 aromatic rings. The standard InChI is InChI=1S/C11H10Cl2O/c1-2-3-10(14)7-8-6-9(12)4-5-11(8)13/h2-6H,7H2,1H3/b3-2+. The first-order valence-electron chi connectivity index (χ1n) is 4.23. The van der Waals surface area contributed by atoms with Crippen LogP contribution in [0.1, 0.15) is 12.5 Å². The van der Waals surface area contributed by atoms with Gasteiger partial charge in [0.2, 0.25) is 0 Å². The molecule has 1 rings (SSSR count). The van der Waals surface area contributed by atoms with Gasteiger partial charge in [0, 0.05) is 16.5 Å². The van der Waals surface area contributed by atoms with Gasteiger partial charge in [-0.25, -0.2) is 0 Å². The number of rotatable bonds is 3. The van der Waals surface area contributed by atoms with Gasteiger partial charge in [-0.05, 0) is 36.8 Å².